The number of ether oxygens (including phenoxy) is 1. The summed E-state index contributed by atoms with van der Waals surface area (Å²) in [7, 11) is 1.99. The van der Waals surface area contributed by atoms with Crippen LogP contribution < -0.4 is 4.74 Å². The molecule has 2 aromatic carbocycles. The van der Waals surface area contributed by atoms with Gasteiger partial charge < -0.3 is 9.64 Å². The molecule has 0 saturated heterocycles. The van der Waals surface area contributed by atoms with Crippen LogP contribution in [0.25, 0.3) is 0 Å². The minimum absolute atomic E-state index is 0.495. The van der Waals surface area contributed by atoms with Gasteiger partial charge in [-0.1, -0.05) is 29.3 Å². The Kier molecular flexibility index (Phi) is 7.11. The minimum atomic E-state index is 0.495. The Morgan fingerprint density at radius 2 is 1.97 bits per heavy atom. The lowest BCUT2D eigenvalue weighted by Gasteiger charge is -2.11. The summed E-state index contributed by atoms with van der Waals surface area (Å²) in [6.45, 7) is 6.99. The highest BCUT2D eigenvalue weighted by atomic mass is 35.5. The van der Waals surface area contributed by atoms with Crippen LogP contribution in [0.2, 0.25) is 10.0 Å². The topological polar surface area (TPSA) is 50.6 Å². The van der Waals surface area contributed by atoms with Crippen LogP contribution in [0.4, 0.5) is 5.69 Å². The molecular weight excluding hydrogens is 427 g/mol. The van der Waals surface area contributed by atoms with Gasteiger partial charge in [0, 0.05) is 41.6 Å². The van der Waals surface area contributed by atoms with E-state index >= 15 is 0 Å². The van der Waals surface area contributed by atoms with Gasteiger partial charge in [0.05, 0.1) is 12.0 Å². The van der Waals surface area contributed by atoms with Crippen LogP contribution in [0, 0.1) is 13.8 Å². The number of rotatable bonds is 7. The number of aryl methyl sites for hydroxylation is 2. The molecule has 0 bridgehead atoms. The molecule has 0 N–H and O–H groups in total. The van der Waals surface area contributed by atoms with E-state index in [1.807, 2.05) is 50.3 Å². The largest absolute Gasteiger partial charge is 0.430 e. The molecule has 0 spiro atoms. The monoisotopic (exact) mass is 448 g/mol. The summed E-state index contributed by atoms with van der Waals surface area (Å²) in [4.78, 5) is 11.1. The predicted molar refractivity (Wildman–Crippen MR) is 122 cm³/mol. The van der Waals surface area contributed by atoms with Gasteiger partial charge in [-0.15, -0.1) is 0 Å². The third-order valence-corrected chi connectivity index (χ3v) is 5.62. The molecule has 0 saturated carbocycles. The summed E-state index contributed by atoms with van der Waals surface area (Å²) in [5, 5.41) is 1.70. The quantitative estimate of drug-likeness (QED) is 0.307. The highest BCUT2D eigenvalue weighted by Crippen LogP contribution is 2.32. The van der Waals surface area contributed by atoms with Crippen molar-refractivity contribution in [3.8, 4) is 10.9 Å². The highest BCUT2D eigenvalue weighted by Gasteiger charge is 2.12. The van der Waals surface area contributed by atoms with E-state index in [0.29, 0.717) is 27.5 Å². The number of hydrogen-bond donors (Lipinski definition) is 0. The first-order valence-electron chi connectivity index (χ1n) is 9.15. The van der Waals surface area contributed by atoms with Gasteiger partial charge >= 0.3 is 0 Å². The number of aliphatic imine (C=N–C) groups is 1. The third-order valence-electron chi connectivity index (χ3n) is 4.40. The van der Waals surface area contributed by atoms with Gasteiger partial charge in [0.1, 0.15) is 5.75 Å². The van der Waals surface area contributed by atoms with Crippen LogP contribution in [0.3, 0.4) is 0 Å². The first-order chi connectivity index (χ1) is 13.9. The van der Waals surface area contributed by atoms with Crippen LogP contribution in [0.1, 0.15) is 29.4 Å². The van der Waals surface area contributed by atoms with Gasteiger partial charge in [-0.2, -0.15) is 9.36 Å². The molecule has 0 fully saturated rings. The first-order valence-corrected chi connectivity index (χ1v) is 10.7. The lowest BCUT2D eigenvalue weighted by atomic mass is 10.1. The van der Waals surface area contributed by atoms with E-state index in [4.69, 9.17) is 27.9 Å². The van der Waals surface area contributed by atoms with Crippen molar-refractivity contribution in [3.05, 3.63) is 62.9 Å². The van der Waals surface area contributed by atoms with Crippen molar-refractivity contribution in [1.29, 1.82) is 0 Å². The van der Waals surface area contributed by atoms with Gasteiger partial charge in [-0.25, -0.2) is 4.99 Å². The van der Waals surface area contributed by atoms with Gasteiger partial charge in [-0.05, 0) is 61.7 Å². The Morgan fingerprint density at radius 1 is 1.17 bits per heavy atom. The molecule has 0 amide bonds. The second kappa shape index (κ2) is 9.57. The second-order valence-electron chi connectivity index (χ2n) is 6.71. The number of halogens is 2. The van der Waals surface area contributed by atoms with E-state index in [-0.39, 0.29) is 0 Å². The van der Waals surface area contributed by atoms with E-state index in [2.05, 4.69) is 21.3 Å². The molecule has 1 aromatic heterocycles. The fraction of sp³-hybridized carbons (Fsp3) is 0.286. The van der Waals surface area contributed by atoms with Gasteiger partial charge in [0.2, 0.25) is 0 Å². The molecule has 0 unspecified atom stereocenters. The fourth-order valence-electron chi connectivity index (χ4n) is 2.55. The maximum atomic E-state index is 6.24. The summed E-state index contributed by atoms with van der Waals surface area (Å²) >= 11 is 13.4. The summed E-state index contributed by atoms with van der Waals surface area (Å²) in [5.74, 6) is 1.41. The predicted octanol–water partition coefficient (Wildman–Crippen LogP) is 6.46. The number of benzene rings is 2. The van der Waals surface area contributed by atoms with E-state index in [0.717, 1.165) is 34.7 Å². The summed E-state index contributed by atoms with van der Waals surface area (Å²) in [5.41, 5.74) is 3.86. The lowest BCUT2D eigenvalue weighted by Crippen LogP contribution is -2.14. The average molecular weight is 449 g/mol. The van der Waals surface area contributed by atoms with Crippen LogP contribution in [-0.2, 0) is 6.42 Å². The molecule has 152 valence electrons. The van der Waals surface area contributed by atoms with Crippen LogP contribution in [0.15, 0.2) is 35.3 Å². The molecule has 3 rings (SSSR count). The van der Waals surface area contributed by atoms with Crippen molar-refractivity contribution < 1.29 is 4.74 Å². The van der Waals surface area contributed by atoms with E-state index in [1.165, 1.54) is 11.5 Å². The average Bonchev–Trinajstić information content (AvgIpc) is 3.12. The third kappa shape index (κ3) is 5.69. The van der Waals surface area contributed by atoms with E-state index in [1.54, 1.807) is 12.1 Å². The van der Waals surface area contributed by atoms with E-state index < -0.39 is 0 Å². The Labute approximate surface area is 185 Å². The molecule has 0 aliphatic heterocycles. The molecule has 29 heavy (non-hydrogen) atoms. The molecule has 0 radical (unpaired) electrons. The van der Waals surface area contributed by atoms with Crippen molar-refractivity contribution in [3.63, 3.8) is 0 Å². The van der Waals surface area contributed by atoms with Crippen molar-refractivity contribution in [2.45, 2.75) is 27.2 Å². The first kappa shape index (κ1) is 21.6. The van der Waals surface area contributed by atoms with Crippen LogP contribution >= 0.6 is 34.7 Å². The van der Waals surface area contributed by atoms with Crippen molar-refractivity contribution in [1.82, 2.24) is 14.3 Å². The Balaban J connectivity index is 1.74. The number of hydrogen-bond acceptors (Lipinski definition) is 5. The molecule has 8 heteroatoms. The lowest BCUT2D eigenvalue weighted by molar-refractivity contribution is 0.473. The van der Waals surface area contributed by atoms with Gasteiger partial charge in [0.15, 0.2) is 5.82 Å². The zero-order valence-electron chi connectivity index (χ0n) is 16.7. The SMILES string of the molecule is CCN(C)/C=N\c1cc(C)c(Oc2nc(Cc3ccc(Cl)cc3Cl)ns2)cc1C. The van der Waals surface area contributed by atoms with Crippen LogP contribution in [0.5, 0.6) is 10.9 Å². The summed E-state index contributed by atoms with van der Waals surface area (Å²) < 4.78 is 10.4. The molecule has 0 aliphatic carbocycles. The molecule has 5 nitrogen and oxygen atoms in total. The smallest absolute Gasteiger partial charge is 0.298 e. The standard InChI is InChI=1S/C21H22Cl2N4OS/c1-5-27(4)12-24-18-8-14(3)19(9-13(18)2)28-21-25-20(26-29-21)10-15-6-7-16(22)11-17(15)23/h6-9,11-12H,5,10H2,1-4H3/b24-12-. The van der Waals surface area contributed by atoms with E-state index in [9.17, 15) is 0 Å². The Bertz CT molecular complexity index is 1040. The van der Waals surface area contributed by atoms with Gasteiger partial charge in [-0.3, -0.25) is 0 Å². The minimum Gasteiger partial charge on any atom is -0.430 e. The number of nitrogens with zero attached hydrogens (tertiary/aromatic N) is 4. The maximum Gasteiger partial charge on any atom is 0.298 e. The molecule has 3 aromatic rings. The Morgan fingerprint density at radius 3 is 2.69 bits per heavy atom. The maximum absolute atomic E-state index is 6.24. The fourth-order valence-corrected chi connectivity index (χ4v) is 3.58. The zero-order valence-corrected chi connectivity index (χ0v) is 19.1. The molecular formula is C21H22Cl2N4OS. The summed E-state index contributed by atoms with van der Waals surface area (Å²) in [6.07, 6.45) is 2.35. The molecule has 0 atom stereocenters. The molecule has 0 aliphatic rings. The molecule has 1 heterocycles. The Hall–Kier alpha value is -2.15. The van der Waals surface area contributed by atoms with Crippen molar-refractivity contribution in [2.24, 2.45) is 4.99 Å². The van der Waals surface area contributed by atoms with Crippen LogP contribution in [-0.4, -0.2) is 34.2 Å². The summed E-state index contributed by atoms with van der Waals surface area (Å²) in [6, 6.07) is 9.40. The van der Waals surface area contributed by atoms with Gasteiger partial charge in [0.25, 0.3) is 5.19 Å². The zero-order chi connectivity index (χ0) is 21.0. The van der Waals surface area contributed by atoms with Crippen molar-refractivity contribution >= 4 is 46.8 Å². The normalized spacial score (nSPS) is 11.2. The highest BCUT2D eigenvalue weighted by molar-refractivity contribution is 7.07. The van der Waals surface area contributed by atoms with Crippen molar-refractivity contribution in [2.75, 3.05) is 13.6 Å². The number of aromatic nitrogens is 2. The second-order valence-corrected chi connectivity index (χ2v) is 8.27.